The second-order valence-corrected chi connectivity index (χ2v) is 7.07. The van der Waals surface area contributed by atoms with Crippen LogP contribution < -0.4 is 0 Å². The minimum Gasteiger partial charge on any atom is -0.378 e. The lowest BCUT2D eigenvalue weighted by molar-refractivity contribution is 0.0908. The maximum atomic E-state index is 11.7. The van der Waals surface area contributed by atoms with Crippen LogP contribution >= 0.6 is 11.6 Å². The van der Waals surface area contributed by atoms with E-state index in [2.05, 4.69) is 0 Å². The van der Waals surface area contributed by atoms with Crippen LogP contribution in [0, 0.1) is 0 Å². The Kier molecular flexibility index (Phi) is 7.55. The standard InChI is InChI=1S/C10H22ClNO3S/c1-9(2)15-7-8-16(13,14)12(4)6-5-10(3)11/h9-10H,5-8H2,1-4H3. The number of ether oxygens (including phenoxy) is 1. The van der Waals surface area contributed by atoms with Crippen LogP contribution in [0.25, 0.3) is 0 Å². The fourth-order valence-corrected chi connectivity index (χ4v) is 2.14. The third-order valence-electron chi connectivity index (χ3n) is 2.11. The monoisotopic (exact) mass is 271 g/mol. The van der Waals surface area contributed by atoms with Gasteiger partial charge in [-0.05, 0) is 27.2 Å². The van der Waals surface area contributed by atoms with Crippen molar-refractivity contribution in [3.8, 4) is 0 Å². The Bertz CT molecular complexity index is 278. The summed E-state index contributed by atoms with van der Waals surface area (Å²) in [6.45, 7) is 6.30. The number of hydrogen-bond acceptors (Lipinski definition) is 3. The van der Waals surface area contributed by atoms with Gasteiger partial charge in [0.2, 0.25) is 10.0 Å². The summed E-state index contributed by atoms with van der Waals surface area (Å²) in [5.41, 5.74) is 0. The molecule has 0 radical (unpaired) electrons. The highest BCUT2D eigenvalue weighted by molar-refractivity contribution is 7.89. The van der Waals surface area contributed by atoms with Gasteiger partial charge in [-0.15, -0.1) is 11.6 Å². The summed E-state index contributed by atoms with van der Waals surface area (Å²) in [5.74, 6) is 0.0261. The molecule has 0 heterocycles. The van der Waals surface area contributed by atoms with Crippen LogP contribution in [0.5, 0.6) is 0 Å². The van der Waals surface area contributed by atoms with Gasteiger partial charge in [-0.1, -0.05) is 0 Å². The van der Waals surface area contributed by atoms with Crippen LogP contribution in [0.3, 0.4) is 0 Å². The fourth-order valence-electron chi connectivity index (χ4n) is 1.04. The van der Waals surface area contributed by atoms with E-state index in [9.17, 15) is 8.42 Å². The van der Waals surface area contributed by atoms with Crippen LogP contribution in [0.15, 0.2) is 0 Å². The number of sulfonamides is 1. The SMILES string of the molecule is CC(Cl)CCN(C)S(=O)(=O)CCOC(C)C. The predicted octanol–water partition coefficient (Wildman–Crippen LogP) is 1.69. The number of hydrogen-bond donors (Lipinski definition) is 0. The lowest BCUT2D eigenvalue weighted by Crippen LogP contribution is -2.32. The van der Waals surface area contributed by atoms with E-state index in [0.717, 1.165) is 0 Å². The van der Waals surface area contributed by atoms with Gasteiger partial charge in [-0.2, -0.15) is 0 Å². The number of alkyl halides is 1. The molecule has 0 saturated carbocycles. The summed E-state index contributed by atoms with van der Waals surface area (Å²) < 4.78 is 30.0. The Labute approximate surface area is 104 Å². The van der Waals surface area contributed by atoms with Gasteiger partial charge >= 0.3 is 0 Å². The first-order valence-corrected chi connectivity index (χ1v) is 7.50. The maximum Gasteiger partial charge on any atom is 0.216 e. The van der Waals surface area contributed by atoms with Crippen molar-refractivity contribution in [1.29, 1.82) is 0 Å². The average Bonchev–Trinajstić information content (AvgIpc) is 2.12. The minimum absolute atomic E-state index is 0.00966. The Balaban J connectivity index is 4.01. The van der Waals surface area contributed by atoms with Crippen LogP contribution in [0.2, 0.25) is 0 Å². The van der Waals surface area contributed by atoms with Crippen molar-refractivity contribution in [3.63, 3.8) is 0 Å². The molecule has 0 bridgehead atoms. The first-order chi connectivity index (χ1) is 7.25. The third-order valence-corrected chi connectivity index (χ3v) is 4.14. The van der Waals surface area contributed by atoms with Gasteiger partial charge in [0.25, 0.3) is 0 Å². The normalized spacial score (nSPS) is 14.7. The van der Waals surface area contributed by atoms with Crippen molar-refractivity contribution >= 4 is 21.6 Å². The van der Waals surface area contributed by atoms with Crippen molar-refractivity contribution in [1.82, 2.24) is 4.31 Å². The lowest BCUT2D eigenvalue weighted by atomic mass is 10.3. The average molecular weight is 272 g/mol. The zero-order chi connectivity index (χ0) is 12.8. The van der Waals surface area contributed by atoms with Crippen molar-refractivity contribution in [2.24, 2.45) is 0 Å². The molecule has 0 fully saturated rings. The molecule has 1 unspecified atom stereocenters. The van der Waals surface area contributed by atoms with E-state index in [0.29, 0.717) is 13.0 Å². The fraction of sp³-hybridized carbons (Fsp3) is 1.00. The number of halogens is 1. The van der Waals surface area contributed by atoms with E-state index in [1.165, 1.54) is 4.31 Å². The summed E-state index contributed by atoms with van der Waals surface area (Å²) in [5, 5.41) is -0.00966. The smallest absolute Gasteiger partial charge is 0.216 e. The molecule has 0 aliphatic rings. The van der Waals surface area contributed by atoms with Crippen molar-refractivity contribution in [2.75, 3.05) is 26.0 Å². The summed E-state index contributed by atoms with van der Waals surface area (Å²) >= 11 is 5.77. The highest BCUT2D eigenvalue weighted by atomic mass is 35.5. The molecule has 6 heteroatoms. The zero-order valence-corrected chi connectivity index (χ0v) is 12.0. The molecule has 0 N–H and O–H groups in total. The van der Waals surface area contributed by atoms with Crippen LogP contribution in [0.4, 0.5) is 0 Å². The number of nitrogens with zero attached hydrogens (tertiary/aromatic N) is 1. The van der Waals surface area contributed by atoms with Gasteiger partial charge in [0.1, 0.15) is 0 Å². The predicted molar refractivity (Wildman–Crippen MR) is 67.4 cm³/mol. The molecule has 1 atom stereocenters. The van der Waals surface area contributed by atoms with Gasteiger partial charge in [-0.25, -0.2) is 12.7 Å². The van der Waals surface area contributed by atoms with Gasteiger partial charge in [0.05, 0.1) is 18.5 Å². The molecule has 0 rings (SSSR count). The Morgan fingerprint density at radius 2 is 1.88 bits per heavy atom. The van der Waals surface area contributed by atoms with E-state index in [-0.39, 0.29) is 23.8 Å². The molecule has 0 spiro atoms. The Hall–Kier alpha value is 0.160. The van der Waals surface area contributed by atoms with Gasteiger partial charge < -0.3 is 4.74 Å². The Morgan fingerprint density at radius 1 is 1.31 bits per heavy atom. The first kappa shape index (κ1) is 16.2. The molecular weight excluding hydrogens is 250 g/mol. The molecule has 0 amide bonds. The number of rotatable bonds is 8. The molecular formula is C10H22ClNO3S. The third kappa shape index (κ3) is 7.44. The second-order valence-electron chi connectivity index (χ2n) is 4.13. The highest BCUT2D eigenvalue weighted by Gasteiger charge is 2.17. The van der Waals surface area contributed by atoms with E-state index < -0.39 is 10.0 Å². The molecule has 0 aromatic carbocycles. The summed E-state index contributed by atoms with van der Waals surface area (Å²) in [6.07, 6.45) is 0.714. The highest BCUT2D eigenvalue weighted by Crippen LogP contribution is 2.05. The lowest BCUT2D eigenvalue weighted by Gasteiger charge is -2.18. The van der Waals surface area contributed by atoms with E-state index in [1.54, 1.807) is 7.05 Å². The maximum absolute atomic E-state index is 11.7. The van der Waals surface area contributed by atoms with E-state index in [4.69, 9.17) is 16.3 Å². The molecule has 16 heavy (non-hydrogen) atoms. The largest absolute Gasteiger partial charge is 0.378 e. The molecule has 0 aromatic rings. The van der Waals surface area contributed by atoms with Crippen molar-refractivity contribution in [3.05, 3.63) is 0 Å². The minimum atomic E-state index is -3.20. The zero-order valence-electron chi connectivity index (χ0n) is 10.4. The summed E-state index contributed by atoms with van der Waals surface area (Å²) in [6, 6.07) is 0. The molecule has 0 aliphatic heterocycles. The summed E-state index contributed by atoms with van der Waals surface area (Å²) in [4.78, 5) is 0. The van der Waals surface area contributed by atoms with Gasteiger partial charge in [0.15, 0.2) is 0 Å². The topological polar surface area (TPSA) is 46.6 Å². The molecule has 0 aliphatic carbocycles. The molecule has 4 nitrogen and oxygen atoms in total. The van der Waals surface area contributed by atoms with E-state index in [1.807, 2.05) is 20.8 Å². The van der Waals surface area contributed by atoms with Crippen molar-refractivity contribution in [2.45, 2.75) is 38.7 Å². The van der Waals surface area contributed by atoms with Gasteiger partial charge in [0, 0.05) is 19.0 Å². The molecule has 98 valence electrons. The Morgan fingerprint density at radius 3 is 2.31 bits per heavy atom. The molecule has 0 saturated heterocycles. The van der Waals surface area contributed by atoms with E-state index >= 15 is 0 Å². The van der Waals surface area contributed by atoms with Crippen molar-refractivity contribution < 1.29 is 13.2 Å². The quantitative estimate of drug-likeness (QED) is 0.631. The van der Waals surface area contributed by atoms with Crippen LogP contribution in [-0.4, -0.2) is 50.2 Å². The van der Waals surface area contributed by atoms with Crippen LogP contribution in [-0.2, 0) is 14.8 Å². The second kappa shape index (κ2) is 7.48. The first-order valence-electron chi connectivity index (χ1n) is 5.45. The molecule has 0 aromatic heterocycles. The summed E-state index contributed by atoms with van der Waals surface area (Å²) in [7, 11) is -1.63. The van der Waals surface area contributed by atoms with Crippen LogP contribution in [0.1, 0.15) is 27.2 Å². The van der Waals surface area contributed by atoms with Gasteiger partial charge in [-0.3, -0.25) is 0 Å².